The predicted octanol–water partition coefficient (Wildman–Crippen LogP) is 2.18. The Kier molecular flexibility index (Phi) is 7.68. The van der Waals surface area contributed by atoms with Crippen molar-refractivity contribution in [1.29, 1.82) is 0 Å². The molecule has 0 fully saturated rings. The maximum atomic E-state index is 13.8. The molecule has 0 radical (unpaired) electrons. The Labute approximate surface area is 207 Å². The fourth-order valence-corrected chi connectivity index (χ4v) is 5.28. The molecule has 1 amide bonds. The highest BCUT2D eigenvalue weighted by atomic mass is 32.2. The number of methoxy groups -OCH3 is 1. The normalized spacial score (nSPS) is 12.3. The van der Waals surface area contributed by atoms with Crippen LogP contribution in [0.5, 0.6) is 5.75 Å². The van der Waals surface area contributed by atoms with Crippen molar-refractivity contribution in [3.63, 3.8) is 0 Å². The first kappa shape index (κ1) is 25.0. The lowest BCUT2D eigenvalue weighted by Gasteiger charge is -2.29. The van der Waals surface area contributed by atoms with E-state index >= 15 is 0 Å². The Hall–Kier alpha value is -4.13. The highest BCUT2D eigenvalue weighted by Crippen LogP contribution is 2.26. The summed E-state index contributed by atoms with van der Waals surface area (Å²) in [7, 11) is -2.75. The third kappa shape index (κ3) is 5.57. The van der Waals surface area contributed by atoms with Gasteiger partial charge in [0.25, 0.3) is 5.91 Å². The number of H-pyrrole nitrogens is 1. The molecule has 1 heterocycles. The number of hydroxylamine groups is 1. The van der Waals surface area contributed by atoms with E-state index in [1.54, 1.807) is 17.6 Å². The molecule has 0 spiro atoms. The molecule has 11 nitrogen and oxygen atoms in total. The minimum Gasteiger partial charge on any atom is -0.497 e. The van der Waals surface area contributed by atoms with E-state index in [1.807, 2.05) is 42.5 Å². The Balaban J connectivity index is 1.72. The van der Waals surface area contributed by atoms with E-state index in [4.69, 9.17) is 4.74 Å². The summed E-state index contributed by atoms with van der Waals surface area (Å²) in [6.07, 6.45) is -0.198. The number of tetrazole rings is 1. The third-order valence-corrected chi connectivity index (χ3v) is 7.47. The zero-order valence-corrected chi connectivity index (χ0v) is 20.1. The fraction of sp³-hybridized carbons (Fsp3) is 0.167. The van der Waals surface area contributed by atoms with Gasteiger partial charge in [-0.25, -0.2) is 19.0 Å². The summed E-state index contributed by atoms with van der Waals surface area (Å²) in [5, 5.41) is 22.7. The van der Waals surface area contributed by atoms with Gasteiger partial charge in [0, 0.05) is 13.0 Å². The highest BCUT2D eigenvalue weighted by Gasteiger charge is 2.37. The minimum atomic E-state index is -4.22. The van der Waals surface area contributed by atoms with Gasteiger partial charge in [-0.15, -0.1) is 5.10 Å². The van der Waals surface area contributed by atoms with Gasteiger partial charge in [-0.1, -0.05) is 54.6 Å². The average molecular weight is 509 g/mol. The number of nitrogens with one attached hydrogen (secondary N) is 2. The van der Waals surface area contributed by atoms with Crippen LogP contribution < -0.4 is 10.2 Å². The van der Waals surface area contributed by atoms with Crippen molar-refractivity contribution in [2.45, 2.75) is 23.9 Å². The first-order valence-corrected chi connectivity index (χ1v) is 12.3. The largest absolute Gasteiger partial charge is 0.497 e. The summed E-state index contributed by atoms with van der Waals surface area (Å²) in [4.78, 5) is 12.7. The number of carbonyl (C=O) groups excluding carboxylic acids is 1. The Morgan fingerprint density at radius 2 is 1.69 bits per heavy atom. The second-order valence-electron chi connectivity index (χ2n) is 7.83. The molecule has 1 aromatic heterocycles. The van der Waals surface area contributed by atoms with Crippen molar-refractivity contribution in [2.75, 3.05) is 7.11 Å². The quantitative estimate of drug-likeness (QED) is 0.218. The Morgan fingerprint density at radius 3 is 2.28 bits per heavy atom. The lowest BCUT2D eigenvalue weighted by atomic mass is 10.0. The van der Waals surface area contributed by atoms with Gasteiger partial charge in [0.05, 0.1) is 12.0 Å². The molecule has 186 valence electrons. The summed E-state index contributed by atoms with van der Waals surface area (Å²) >= 11 is 0. The van der Waals surface area contributed by atoms with Crippen LogP contribution in [0.3, 0.4) is 0 Å². The Bertz CT molecular complexity index is 1380. The van der Waals surface area contributed by atoms with Crippen LogP contribution in [0.1, 0.15) is 11.4 Å². The summed E-state index contributed by atoms with van der Waals surface area (Å²) in [5.41, 5.74) is 4.18. The minimum absolute atomic E-state index is 0.0457. The molecule has 4 aromatic rings. The zero-order chi connectivity index (χ0) is 25.5. The topological polar surface area (TPSA) is 150 Å². The summed E-state index contributed by atoms with van der Waals surface area (Å²) in [5.74, 6) is -0.267. The molecule has 36 heavy (non-hydrogen) atoms. The molecule has 0 aliphatic carbocycles. The lowest BCUT2D eigenvalue weighted by molar-refractivity contribution is -0.133. The smallest absolute Gasteiger partial charge is 0.262 e. The Morgan fingerprint density at radius 1 is 1.03 bits per heavy atom. The number of rotatable bonds is 10. The molecule has 3 N–H and O–H groups in total. The fourth-order valence-electron chi connectivity index (χ4n) is 3.71. The molecule has 0 bridgehead atoms. The lowest BCUT2D eigenvalue weighted by Crippen LogP contribution is -2.49. The van der Waals surface area contributed by atoms with Crippen molar-refractivity contribution < 1.29 is 23.2 Å². The molecular weight excluding hydrogens is 484 g/mol. The van der Waals surface area contributed by atoms with Crippen molar-refractivity contribution in [3.05, 3.63) is 90.3 Å². The number of aromatic amines is 1. The van der Waals surface area contributed by atoms with E-state index in [-0.39, 0.29) is 23.7 Å². The zero-order valence-electron chi connectivity index (χ0n) is 19.3. The van der Waals surface area contributed by atoms with Gasteiger partial charge in [0.15, 0.2) is 5.82 Å². The molecule has 4 rings (SSSR count). The number of aromatic nitrogens is 4. The number of hydrogen-bond donors (Lipinski definition) is 3. The van der Waals surface area contributed by atoms with Gasteiger partial charge < -0.3 is 4.74 Å². The third-order valence-electron chi connectivity index (χ3n) is 5.60. The van der Waals surface area contributed by atoms with Crippen molar-refractivity contribution in [2.24, 2.45) is 0 Å². The number of hydrogen-bond acceptors (Lipinski definition) is 8. The molecule has 12 heteroatoms. The van der Waals surface area contributed by atoms with Crippen LogP contribution in [0.2, 0.25) is 0 Å². The van der Waals surface area contributed by atoms with Gasteiger partial charge in [-0.3, -0.25) is 10.0 Å². The second-order valence-corrected chi connectivity index (χ2v) is 9.72. The van der Waals surface area contributed by atoms with Crippen LogP contribution in [0.15, 0.2) is 83.8 Å². The summed E-state index contributed by atoms with van der Waals surface area (Å²) < 4.78 is 33.7. The van der Waals surface area contributed by atoms with Crippen molar-refractivity contribution in [3.8, 4) is 16.9 Å². The van der Waals surface area contributed by atoms with Gasteiger partial charge in [0.2, 0.25) is 10.0 Å². The van der Waals surface area contributed by atoms with Crippen molar-refractivity contribution in [1.82, 2.24) is 30.4 Å². The van der Waals surface area contributed by atoms with Gasteiger partial charge in [-0.2, -0.15) is 4.31 Å². The van der Waals surface area contributed by atoms with Crippen LogP contribution in [0.25, 0.3) is 11.1 Å². The van der Waals surface area contributed by atoms with Crippen LogP contribution >= 0.6 is 0 Å². The number of benzene rings is 3. The predicted molar refractivity (Wildman–Crippen MR) is 129 cm³/mol. The number of nitrogens with zero attached hydrogens (tertiary/aromatic N) is 4. The molecule has 3 aromatic carbocycles. The van der Waals surface area contributed by atoms with E-state index < -0.39 is 22.0 Å². The summed E-state index contributed by atoms with van der Waals surface area (Å²) in [6.45, 7) is -0.150. The molecule has 0 aliphatic rings. The molecule has 1 atom stereocenters. The standard InChI is InChI=1S/C24H24N6O5S/c1-35-20-11-13-21(14-12-20)36(33,34)30(22(24(31)27-32)15-23-25-28-29-26-23)16-17-7-9-19(10-8-17)18-5-3-2-4-6-18/h2-14,22,32H,15-16H2,1H3,(H,27,31)(H,25,26,28,29). The van der Waals surface area contributed by atoms with Gasteiger partial charge >= 0.3 is 0 Å². The number of sulfonamides is 1. The van der Waals surface area contributed by atoms with E-state index in [0.29, 0.717) is 11.3 Å². The highest BCUT2D eigenvalue weighted by molar-refractivity contribution is 7.89. The maximum absolute atomic E-state index is 13.8. The number of ether oxygens (including phenoxy) is 1. The first-order valence-electron chi connectivity index (χ1n) is 10.9. The second kappa shape index (κ2) is 11.1. The van der Waals surface area contributed by atoms with E-state index in [9.17, 15) is 18.4 Å². The molecule has 0 saturated carbocycles. The van der Waals surface area contributed by atoms with Gasteiger partial charge in [-0.05, 0) is 51.4 Å². The monoisotopic (exact) mass is 508 g/mol. The number of amides is 1. The first-order chi connectivity index (χ1) is 17.4. The van der Waals surface area contributed by atoms with Crippen LogP contribution in [0, 0.1) is 0 Å². The van der Waals surface area contributed by atoms with E-state index in [2.05, 4.69) is 20.6 Å². The molecule has 0 aliphatic heterocycles. The molecular formula is C24H24N6O5S. The molecule has 0 saturated heterocycles. The van der Waals surface area contributed by atoms with Crippen LogP contribution in [-0.2, 0) is 27.8 Å². The van der Waals surface area contributed by atoms with Gasteiger partial charge in [0.1, 0.15) is 11.8 Å². The maximum Gasteiger partial charge on any atom is 0.262 e. The van der Waals surface area contributed by atoms with Crippen LogP contribution in [0.4, 0.5) is 0 Å². The molecule has 1 unspecified atom stereocenters. The summed E-state index contributed by atoms with van der Waals surface area (Å²) in [6, 6.07) is 21.5. The SMILES string of the molecule is COc1ccc(S(=O)(=O)N(Cc2ccc(-c3ccccc3)cc2)C(Cc2nnn[nH]2)C(=O)NO)cc1. The van der Waals surface area contributed by atoms with E-state index in [0.717, 1.165) is 15.4 Å². The van der Waals surface area contributed by atoms with E-state index in [1.165, 1.54) is 31.4 Å². The van der Waals surface area contributed by atoms with Crippen molar-refractivity contribution >= 4 is 15.9 Å². The average Bonchev–Trinajstić information content (AvgIpc) is 3.44. The van der Waals surface area contributed by atoms with Crippen LogP contribution in [-0.4, -0.2) is 57.6 Å². The number of carbonyl (C=O) groups is 1.